The second-order valence-corrected chi connectivity index (χ2v) is 4.87. The molecule has 0 saturated carbocycles. The van der Waals surface area contributed by atoms with Crippen LogP contribution in [0, 0.1) is 19.1 Å². The molecule has 0 fully saturated rings. The Morgan fingerprint density at radius 1 is 0.704 bits per heavy atom. The fourth-order valence-electron chi connectivity index (χ4n) is 2.27. The zero-order valence-corrected chi connectivity index (χ0v) is 19.2. The topological polar surface area (TPSA) is 25.8 Å². The van der Waals surface area contributed by atoms with E-state index in [1.807, 2.05) is 24.3 Å². The Labute approximate surface area is 194 Å². The van der Waals surface area contributed by atoms with Gasteiger partial charge in [0.05, 0.1) is 0 Å². The molecular weight excluding hydrogens is 454 g/mol. The first-order valence-electron chi connectivity index (χ1n) is 8.00. The molecule has 4 rings (SSSR count). The molecule has 0 unspecified atom stereocenters. The maximum Gasteiger partial charge on any atom is 3.00 e. The van der Waals surface area contributed by atoms with Crippen LogP contribution in [-0.2, 0) is 26.2 Å². The summed E-state index contributed by atoms with van der Waals surface area (Å²) >= 11 is 0. The van der Waals surface area contributed by atoms with E-state index >= 15 is 0 Å². The van der Waals surface area contributed by atoms with Crippen molar-refractivity contribution in [2.45, 2.75) is 19.8 Å². The second kappa shape index (κ2) is 16.9. The molecule has 0 atom stereocenters. The summed E-state index contributed by atoms with van der Waals surface area (Å²) in [6.07, 6.45) is 24.0. The standard InChI is InChI=1S/2C10H8N.C2H5.2ClH.Zr/c2*1-2-4-9(3-1)10-5-7-11-8-6-10;1-2;;;/h2*1,3,5-8H,2H2;1H2,2H3;2*1H;/q3*-1;;;+3/p-2. The van der Waals surface area contributed by atoms with Gasteiger partial charge in [-0.2, -0.15) is 42.4 Å². The van der Waals surface area contributed by atoms with Crippen molar-refractivity contribution in [3.8, 4) is 0 Å². The van der Waals surface area contributed by atoms with E-state index in [1.54, 1.807) is 31.7 Å². The smallest absolute Gasteiger partial charge is 1.00 e. The van der Waals surface area contributed by atoms with Gasteiger partial charge in [0.2, 0.25) is 0 Å². The van der Waals surface area contributed by atoms with Gasteiger partial charge in [0.1, 0.15) is 0 Å². The van der Waals surface area contributed by atoms with E-state index in [1.165, 1.54) is 22.3 Å². The average Bonchev–Trinajstić information content (AvgIpc) is 3.39. The molecule has 139 valence electrons. The van der Waals surface area contributed by atoms with Crippen LogP contribution in [0.1, 0.15) is 30.9 Å². The first-order valence-corrected chi connectivity index (χ1v) is 8.00. The van der Waals surface area contributed by atoms with Crippen LogP contribution in [0.3, 0.4) is 0 Å². The number of pyridine rings is 2. The SMILES string of the molecule is [C-]1=C(c2ccncc2)C=CC1.[C-]1=C(c2ccncc2)C=CC1.[CH2-]C.[Cl-].[Cl-].[Zr+3]. The fraction of sp³-hybridized carbons (Fsp3) is 0.136. The molecule has 2 aliphatic carbocycles. The van der Waals surface area contributed by atoms with Crippen molar-refractivity contribution < 1.29 is 51.0 Å². The molecule has 0 N–H and O–H groups in total. The van der Waals surface area contributed by atoms with Gasteiger partial charge in [-0.25, -0.2) is 0 Å². The summed E-state index contributed by atoms with van der Waals surface area (Å²) in [5, 5.41) is 0. The molecule has 5 heteroatoms. The van der Waals surface area contributed by atoms with E-state index in [0.29, 0.717) is 0 Å². The third-order valence-corrected chi connectivity index (χ3v) is 3.37. The number of nitrogens with zero attached hydrogens (tertiary/aromatic N) is 2. The van der Waals surface area contributed by atoms with Crippen molar-refractivity contribution in [3.63, 3.8) is 0 Å². The van der Waals surface area contributed by atoms with E-state index in [-0.39, 0.29) is 51.0 Å². The first-order chi connectivity index (χ1) is 11.9. The van der Waals surface area contributed by atoms with E-state index in [0.717, 1.165) is 12.8 Å². The summed E-state index contributed by atoms with van der Waals surface area (Å²) in [6, 6.07) is 7.99. The average molecular weight is 476 g/mol. The quantitative estimate of drug-likeness (QED) is 0.538. The predicted octanol–water partition coefficient (Wildman–Crippen LogP) is -0.698. The molecule has 2 aromatic rings. The molecule has 2 heterocycles. The van der Waals surface area contributed by atoms with Crippen LogP contribution in [0.5, 0.6) is 0 Å². The summed E-state index contributed by atoms with van der Waals surface area (Å²) in [4.78, 5) is 7.90. The van der Waals surface area contributed by atoms with Gasteiger partial charge in [-0.15, -0.1) is 23.3 Å². The van der Waals surface area contributed by atoms with Gasteiger partial charge in [-0.05, 0) is 0 Å². The zero-order valence-electron chi connectivity index (χ0n) is 15.2. The van der Waals surface area contributed by atoms with Gasteiger partial charge in [-0.1, -0.05) is 37.1 Å². The zero-order chi connectivity index (χ0) is 17.0. The van der Waals surface area contributed by atoms with Gasteiger partial charge in [-0.3, -0.25) is 9.97 Å². The van der Waals surface area contributed by atoms with Crippen molar-refractivity contribution in [3.05, 3.63) is 104 Å². The van der Waals surface area contributed by atoms with E-state index < -0.39 is 0 Å². The fourth-order valence-corrected chi connectivity index (χ4v) is 2.27. The van der Waals surface area contributed by atoms with Gasteiger partial charge in [0, 0.05) is 24.8 Å². The molecule has 2 aromatic heterocycles. The van der Waals surface area contributed by atoms with E-state index in [2.05, 4.69) is 53.3 Å². The monoisotopic (exact) mass is 473 g/mol. The minimum Gasteiger partial charge on any atom is -1.00 e. The van der Waals surface area contributed by atoms with Crippen molar-refractivity contribution in [2.24, 2.45) is 0 Å². The Kier molecular flexibility index (Phi) is 17.5. The van der Waals surface area contributed by atoms with Crippen molar-refractivity contribution >= 4 is 11.1 Å². The largest absolute Gasteiger partial charge is 3.00 e. The summed E-state index contributed by atoms with van der Waals surface area (Å²) in [6.45, 7) is 5.00. The van der Waals surface area contributed by atoms with Crippen LogP contribution in [0.25, 0.3) is 11.1 Å². The van der Waals surface area contributed by atoms with Crippen LogP contribution < -0.4 is 24.8 Å². The van der Waals surface area contributed by atoms with Crippen LogP contribution in [0.15, 0.2) is 73.4 Å². The maximum atomic E-state index is 3.95. The van der Waals surface area contributed by atoms with Crippen LogP contribution in [-0.4, -0.2) is 9.97 Å². The minimum atomic E-state index is 0. The molecule has 2 nitrogen and oxygen atoms in total. The van der Waals surface area contributed by atoms with Gasteiger partial charge < -0.3 is 31.7 Å². The van der Waals surface area contributed by atoms with Crippen LogP contribution in [0.4, 0.5) is 0 Å². The van der Waals surface area contributed by atoms with Gasteiger partial charge in [0.15, 0.2) is 0 Å². The maximum absolute atomic E-state index is 3.95. The summed E-state index contributed by atoms with van der Waals surface area (Å²) in [5.74, 6) is 0. The van der Waals surface area contributed by atoms with Crippen molar-refractivity contribution in [2.75, 3.05) is 0 Å². The number of hydrogen-bond donors (Lipinski definition) is 0. The summed E-state index contributed by atoms with van der Waals surface area (Å²) < 4.78 is 0. The summed E-state index contributed by atoms with van der Waals surface area (Å²) in [5.41, 5.74) is 4.78. The molecule has 0 amide bonds. The van der Waals surface area contributed by atoms with Crippen molar-refractivity contribution in [1.82, 2.24) is 9.97 Å². The predicted molar refractivity (Wildman–Crippen MR) is 100 cm³/mol. The third-order valence-electron chi connectivity index (χ3n) is 3.37. The Morgan fingerprint density at radius 2 is 1.04 bits per heavy atom. The van der Waals surface area contributed by atoms with Crippen LogP contribution >= 0.6 is 0 Å². The van der Waals surface area contributed by atoms with Gasteiger partial charge >= 0.3 is 26.2 Å². The second-order valence-electron chi connectivity index (χ2n) is 4.87. The molecule has 0 aromatic carbocycles. The van der Waals surface area contributed by atoms with Gasteiger partial charge in [0.25, 0.3) is 0 Å². The number of aromatic nitrogens is 2. The minimum absolute atomic E-state index is 0. The molecule has 0 bridgehead atoms. The van der Waals surface area contributed by atoms with E-state index in [9.17, 15) is 0 Å². The molecule has 1 radical (unpaired) electrons. The Balaban J connectivity index is 0. The first kappa shape index (κ1) is 27.9. The molecule has 27 heavy (non-hydrogen) atoms. The number of rotatable bonds is 2. The number of hydrogen-bond acceptors (Lipinski definition) is 2. The Morgan fingerprint density at radius 3 is 1.30 bits per heavy atom. The van der Waals surface area contributed by atoms with Crippen molar-refractivity contribution in [1.29, 1.82) is 0 Å². The molecule has 0 aliphatic heterocycles. The van der Waals surface area contributed by atoms with Crippen LogP contribution in [0.2, 0.25) is 0 Å². The summed E-state index contributed by atoms with van der Waals surface area (Å²) in [7, 11) is 0. The molecule has 0 saturated heterocycles. The molecule has 2 aliphatic rings. The third kappa shape index (κ3) is 9.47. The Bertz CT molecular complexity index is 674. The molecule has 0 spiro atoms. The number of allylic oxidation sites excluding steroid dienone is 8. The molecular formula is C22H21Cl2N2Zr-2. The number of halogens is 2. The Hall–Kier alpha value is -1.28. The van der Waals surface area contributed by atoms with E-state index in [4.69, 9.17) is 0 Å². The normalized spacial score (nSPS) is 12.5.